The van der Waals surface area contributed by atoms with Crippen molar-refractivity contribution in [3.8, 4) is 5.75 Å². The van der Waals surface area contributed by atoms with Crippen molar-refractivity contribution in [3.05, 3.63) is 23.8 Å². The molecule has 2 N–H and O–H groups in total. The van der Waals surface area contributed by atoms with Crippen molar-refractivity contribution in [1.82, 2.24) is 4.90 Å². The Morgan fingerprint density at radius 2 is 2.30 bits per heavy atom. The number of anilines is 1. The summed E-state index contributed by atoms with van der Waals surface area (Å²) < 4.78 is 10.6. The number of benzene rings is 1. The number of hydrogen-bond acceptors (Lipinski definition) is 4. The van der Waals surface area contributed by atoms with E-state index in [2.05, 4.69) is 0 Å². The standard InChI is InChI=1S/C15H22N2O3/c1-17(9-11-4-3-5-20-10-11)15(18)12-6-13(16)8-14(7-12)19-2/h6-8,11H,3-5,9-10,16H2,1-2H3. The van der Waals surface area contributed by atoms with E-state index in [1.54, 1.807) is 30.2 Å². The van der Waals surface area contributed by atoms with Crippen LogP contribution in [0, 0.1) is 5.92 Å². The van der Waals surface area contributed by atoms with Crippen LogP contribution in [0.1, 0.15) is 23.2 Å². The highest BCUT2D eigenvalue weighted by Gasteiger charge is 2.20. The lowest BCUT2D eigenvalue weighted by Crippen LogP contribution is -2.35. The Kier molecular flexibility index (Phi) is 4.84. The Morgan fingerprint density at radius 1 is 1.50 bits per heavy atom. The van der Waals surface area contributed by atoms with Crippen molar-refractivity contribution < 1.29 is 14.3 Å². The smallest absolute Gasteiger partial charge is 0.253 e. The summed E-state index contributed by atoms with van der Waals surface area (Å²) in [6.45, 7) is 2.27. The van der Waals surface area contributed by atoms with E-state index in [-0.39, 0.29) is 5.91 Å². The number of rotatable bonds is 4. The Hall–Kier alpha value is -1.75. The summed E-state index contributed by atoms with van der Waals surface area (Å²) >= 11 is 0. The molecule has 5 nitrogen and oxygen atoms in total. The highest BCUT2D eigenvalue weighted by molar-refractivity contribution is 5.95. The molecule has 1 saturated heterocycles. The van der Waals surface area contributed by atoms with Gasteiger partial charge in [0.25, 0.3) is 5.91 Å². The monoisotopic (exact) mass is 278 g/mol. The molecular weight excluding hydrogens is 256 g/mol. The predicted octanol–water partition coefficient (Wildman–Crippen LogP) is 1.78. The molecule has 110 valence electrons. The maximum atomic E-state index is 12.4. The predicted molar refractivity (Wildman–Crippen MR) is 77.9 cm³/mol. The molecule has 5 heteroatoms. The lowest BCUT2D eigenvalue weighted by atomic mass is 10.0. The van der Waals surface area contributed by atoms with Crippen molar-refractivity contribution in [1.29, 1.82) is 0 Å². The fourth-order valence-electron chi connectivity index (χ4n) is 2.51. The molecule has 1 amide bonds. The van der Waals surface area contributed by atoms with Crippen LogP contribution in [0.15, 0.2) is 18.2 Å². The van der Waals surface area contributed by atoms with Crippen LogP contribution in [0.3, 0.4) is 0 Å². The highest BCUT2D eigenvalue weighted by Crippen LogP contribution is 2.21. The summed E-state index contributed by atoms with van der Waals surface area (Å²) in [6, 6.07) is 5.09. The number of nitrogens with zero attached hydrogens (tertiary/aromatic N) is 1. The minimum atomic E-state index is -0.0406. The summed E-state index contributed by atoms with van der Waals surface area (Å²) in [7, 11) is 3.37. The number of nitrogens with two attached hydrogens (primary N) is 1. The van der Waals surface area contributed by atoms with Crippen LogP contribution < -0.4 is 10.5 Å². The number of hydrogen-bond donors (Lipinski definition) is 1. The topological polar surface area (TPSA) is 64.8 Å². The SMILES string of the molecule is COc1cc(N)cc(C(=O)N(C)CC2CCCOC2)c1. The van der Waals surface area contributed by atoms with Gasteiger partial charge in [-0.3, -0.25) is 4.79 Å². The van der Waals surface area contributed by atoms with Crippen molar-refractivity contribution in [2.75, 3.05) is 39.6 Å². The third-order valence-electron chi connectivity index (χ3n) is 3.54. The van der Waals surface area contributed by atoms with Gasteiger partial charge >= 0.3 is 0 Å². The summed E-state index contributed by atoms with van der Waals surface area (Å²) in [4.78, 5) is 14.1. The van der Waals surface area contributed by atoms with Gasteiger partial charge in [-0.25, -0.2) is 0 Å². The quantitative estimate of drug-likeness (QED) is 0.853. The van der Waals surface area contributed by atoms with Crippen molar-refractivity contribution in [2.45, 2.75) is 12.8 Å². The molecule has 1 fully saturated rings. The molecule has 2 rings (SSSR count). The molecule has 1 atom stereocenters. The molecule has 1 aliphatic heterocycles. The first kappa shape index (κ1) is 14.7. The molecule has 1 heterocycles. The molecule has 1 aromatic carbocycles. The molecule has 0 spiro atoms. The third kappa shape index (κ3) is 3.63. The molecule has 1 aromatic rings. The Labute approximate surface area is 119 Å². The maximum absolute atomic E-state index is 12.4. The van der Waals surface area contributed by atoms with Crippen LogP contribution in [-0.4, -0.2) is 44.7 Å². The van der Waals surface area contributed by atoms with E-state index >= 15 is 0 Å². The molecule has 0 aromatic heterocycles. The zero-order chi connectivity index (χ0) is 14.5. The minimum absolute atomic E-state index is 0.0406. The second-order valence-electron chi connectivity index (χ2n) is 5.26. The van der Waals surface area contributed by atoms with E-state index in [1.807, 2.05) is 7.05 Å². The number of carbonyl (C=O) groups excluding carboxylic acids is 1. The number of carbonyl (C=O) groups is 1. The van der Waals surface area contributed by atoms with Gasteiger partial charge in [-0.2, -0.15) is 0 Å². The Morgan fingerprint density at radius 3 is 2.95 bits per heavy atom. The minimum Gasteiger partial charge on any atom is -0.497 e. The summed E-state index contributed by atoms with van der Waals surface area (Å²) in [5.74, 6) is 0.976. The molecule has 1 unspecified atom stereocenters. The molecular formula is C15H22N2O3. The molecule has 0 radical (unpaired) electrons. The van der Waals surface area contributed by atoms with Crippen molar-refractivity contribution in [2.24, 2.45) is 5.92 Å². The Bertz CT molecular complexity index is 470. The maximum Gasteiger partial charge on any atom is 0.253 e. The van der Waals surface area contributed by atoms with Crippen molar-refractivity contribution in [3.63, 3.8) is 0 Å². The molecule has 1 aliphatic rings. The first-order valence-corrected chi connectivity index (χ1v) is 6.88. The second-order valence-corrected chi connectivity index (χ2v) is 5.26. The van der Waals surface area contributed by atoms with E-state index in [9.17, 15) is 4.79 Å². The van der Waals surface area contributed by atoms with Gasteiger partial charge in [-0.15, -0.1) is 0 Å². The molecule has 0 saturated carbocycles. The van der Waals surface area contributed by atoms with Gasteiger partial charge in [0.15, 0.2) is 0 Å². The number of methoxy groups -OCH3 is 1. The normalized spacial score (nSPS) is 18.6. The van der Waals surface area contributed by atoms with Gasteiger partial charge in [0.1, 0.15) is 5.75 Å². The third-order valence-corrected chi connectivity index (χ3v) is 3.54. The van der Waals surface area contributed by atoms with Gasteiger partial charge in [0.05, 0.1) is 13.7 Å². The van der Waals surface area contributed by atoms with Gasteiger partial charge < -0.3 is 20.1 Å². The van der Waals surface area contributed by atoms with E-state index in [1.165, 1.54) is 0 Å². The summed E-state index contributed by atoms with van der Waals surface area (Å²) in [5.41, 5.74) is 6.87. The molecule has 0 bridgehead atoms. The van der Waals surface area contributed by atoms with E-state index in [4.69, 9.17) is 15.2 Å². The van der Waals surface area contributed by atoms with Crippen LogP contribution in [0.25, 0.3) is 0 Å². The van der Waals surface area contributed by atoms with Crippen LogP contribution >= 0.6 is 0 Å². The average Bonchev–Trinajstić information content (AvgIpc) is 2.46. The van der Waals surface area contributed by atoms with Gasteiger partial charge in [0, 0.05) is 37.5 Å². The number of nitrogen functional groups attached to an aromatic ring is 1. The van der Waals surface area contributed by atoms with Crippen LogP contribution in [0.5, 0.6) is 5.75 Å². The lowest BCUT2D eigenvalue weighted by molar-refractivity contribution is 0.0388. The van der Waals surface area contributed by atoms with Crippen LogP contribution in [0.2, 0.25) is 0 Å². The second kappa shape index (κ2) is 6.61. The fraction of sp³-hybridized carbons (Fsp3) is 0.533. The van der Waals surface area contributed by atoms with Crippen molar-refractivity contribution >= 4 is 11.6 Å². The fourth-order valence-corrected chi connectivity index (χ4v) is 2.51. The van der Waals surface area contributed by atoms with Gasteiger partial charge in [0.2, 0.25) is 0 Å². The average molecular weight is 278 g/mol. The zero-order valence-corrected chi connectivity index (χ0v) is 12.1. The highest BCUT2D eigenvalue weighted by atomic mass is 16.5. The summed E-state index contributed by atoms with van der Waals surface area (Å²) in [6.07, 6.45) is 2.18. The largest absolute Gasteiger partial charge is 0.497 e. The molecule has 20 heavy (non-hydrogen) atoms. The van der Waals surface area contributed by atoms with E-state index in [0.717, 1.165) is 26.1 Å². The van der Waals surface area contributed by atoms with Crippen LogP contribution in [-0.2, 0) is 4.74 Å². The number of ether oxygens (including phenoxy) is 2. The van der Waals surface area contributed by atoms with E-state index in [0.29, 0.717) is 29.5 Å². The molecule has 0 aliphatic carbocycles. The number of amides is 1. The summed E-state index contributed by atoms with van der Waals surface area (Å²) in [5, 5.41) is 0. The van der Waals surface area contributed by atoms with Gasteiger partial charge in [-0.1, -0.05) is 0 Å². The Balaban J connectivity index is 2.03. The lowest BCUT2D eigenvalue weighted by Gasteiger charge is -2.27. The first-order valence-electron chi connectivity index (χ1n) is 6.88. The zero-order valence-electron chi connectivity index (χ0n) is 12.1. The van der Waals surface area contributed by atoms with E-state index < -0.39 is 0 Å². The first-order chi connectivity index (χ1) is 9.60. The van der Waals surface area contributed by atoms with Gasteiger partial charge in [-0.05, 0) is 30.9 Å². The van der Waals surface area contributed by atoms with Crippen LogP contribution in [0.4, 0.5) is 5.69 Å².